The van der Waals surface area contributed by atoms with Crippen LogP contribution in [0.15, 0.2) is 219 Å². The molecule has 33 heteroatoms. The fourth-order valence-electron chi connectivity index (χ4n) is 16.4. The molecule has 129 heavy (non-hydrogen) atoms. The molecule has 16 aromatic rings. The van der Waals surface area contributed by atoms with E-state index in [0.29, 0.717) is 105 Å². The van der Waals surface area contributed by atoms with Gasteiger partial charge in [-0.1, -0.05) is 24.3 Å². The highest BCUT2D eigenvalue weighted by molar-refractivity contribution is 6.15. The van der Waals surface area contributed by atoms with Gasteiger partial charge in [-0.2, -0.15) is 20.4 Å². The van der Waals surface area contributed by atoms with Crippen LogP contribution >= 0.6 is 0 Å². The highest BCUT2D eigenvalue weighted by Crippen LogP contribution is 2.41. The Morgan fingerprint density at radius 3 is 0.915 bits per heavy atom. The zero-order valence-electron chi connectivity index (χ0n) is 70.2. The number of ether oxygens (including phenoxy) is 9. The Kier molecular flexibility index (Phi) is 22.8. The third kappa shape index (κ3) is 17.9. The first kappa shape index (κ1) is 81.2. The number of nitrogens with zero attached hydrogens (tertiary/aromatic N) is 12. The molecule has 8 aromatic carbocycles. The van der Waals surface area contributed by atoms with E-state index in [4.69, 9.17) is 42.6 Å². The smallest absolute Gasteiger partial charge is 0.276 e. The van der Waals surface area contributed by atoms with Gasteiger partial charge in [-0.3, -0.25) is 59.5 Å². The summed E-state index contributed by atoms with van der Waals surface area (Å²) < 4.78 is 48.3. The van der Waals surface area contributed by atoms with Crippen LogP contribution in [0.5, 0.6) is 46.0 Å². The number of benzene rings is 8. The summed E-state index contributed by atoms with van der Waals surface area (Å²) >= 11 is 0. The second kappa shape index (κ2) is 36.2. The van der Waals surface area contributed by atoms with Crippen LogP contribution in [0.3, 0.4) is 0 Å². The molecule has 8 N–H and O–H groups in total. The van der Waals surface area contributed by atoms with Crippen LogP contribution in [-0.4, -0.2) is 183 Å². The number of piperidine rings is 1. The Hall–Kier alpha value is -16.2. The average molecular weight is 1730 g/mol. The third-order valence-corrected chi connectivity index (χ3v) is 23.0. The van der Waals surface area contributed by atoms with Crippen molar-refractivity contribution in [2.24, 2.45) is 0 Å². The topological polar surface area (TPSA) is 379 Å². The number of morpholine rings is 1. The van der Waals surface area contributed by atoms with E-state index in [9.17, 15) is 19.2 Å². The molecule has 0 spiro atoms. The normalized spacial score (nSPS) is 14.4. The van der Waals surface area contributed by atoms with E-state index in [2.05, 4.69) is 126 Å². The SMILES string of the molecule is CN(C)Cc1cncc(-c2ccc3[nH]nc(C(=O)Nc4ccc5c(c4)OCO5)c3c2)c1.O=C(Nc1ccc2c(c1)OCO2)c1n[nH]c2ccc(-c3cncc(N4CCCC4)c3)cc12.O=C(Nc1ccc2c(c1)OCO2)c1n[nH]c2ccc(-c3cncc(N4CCCCC4)c3)cc12.O=C(Nc1ccc2c(c1)OCO2)c1n[nH]c2ccc(-c3cncc(N4CCOCC4)c3)cc12. The standard InChI is InChI=1S/C25H23N5O3.C24H21N5O4.C24H21N5O3.C23H21N5O3/c31-25(27-18-5-7-22-23(12-18)33-15-32-22)24-20-11-16(4-6-21(20)28-29-24)17-10-19(14-26-13-17)30-8-2-1-3-9-30;30-24(26-17-2-4-21-22(11-17)33-14-32-21)23-19-10-15(1-3-20(19)27-28-23)16-9-18(13-25-12-16)29-5-7-31-8-6-29;30-24(26-17-4-6-21-22(11-17)32-14-31-21)23-19-10-15(3-5-20(19)27-28-23)16-9-18(13-25-12-16)29-7-1-2-8-29;1-28(2)12-14-7-16(11-24-10-14)15-3-5-19-18(8-15)22(27-26-19)23(29)25-17-4-6-20-21(9-17)31-13-30-20/h4-7,10-14H,1-3,8-9,15H2,(H,27,31)(H,28,29);1-4,9-13H,5-8,14H2,(H,26,30)(H,27,28);3-6,9-13H,1-2,7-8,14H2,(H,26,30)(H,27,28);3-11H,12-13H2,1-2H3,(H,25,29)(H,26,27). The number of nitrogens with one attached hydrogen (secondary N) is 8. The summed E-state index contributed by atoms with van der Waals surface area (Å²) in [6, 6.07) is 53.4. The maximum Gasteiger partial charge on any atom is 0.276 e. The molecule has 23 rings (SSSR count). The number of H-pyrrole nitrogens is 4. The van der Waals surface area contributed by atoms with Crippen molar-refractivity contribution in [1.82, 2.24) is 65.6 Å². The van der Waals surface area contributed by atoms with Gasteiger partial charge in [0.15, 0.2) is 68.8 Å². The number of hydrogen-bond acceptors (Lipinski definition) is 25. The minimum absolute atomic E-state index is 0.182. The van der Waals surface area contributed by atoms with Crippen molar-refractivity contribution in [2.45, 2.75) is 38.6 Å². The Morgan fingerprint density at radius 2 is 0.597 bits per heavy atom. The second-order valence-corrected chi connectivity index (χ2v) is 31.9. The zero-order chi connectivity index (χ0) is 87.3. The lowest BCUT2D eigenvalue weighted by atomic mass is 10.0. The molecule has 33 nitrogen and oxygen atoms in total. The van der Waals surface area contributed by atoms with Crippen molar-refractivity contribution in [3.05, 3.63) is 248 Å². The molecule has 7 aliphatic rings. The summed E-state index contributed by atoms with van der Waals surface area (Å²) in [7, 11) is 4.05. The first-order valence-electron chi connectivity index (χ1n) is 42.3. The number of carbonyl (C=O) groups is 4. The van der Waals surface area contributed by atoms with Gasteiger partial charge in [-0.05, 0) is 195 Å². The lowest BCUT2D eigenvalue weighted by molar-refractivity contribution is 0.101. The van der Waals surface area contributed by atoms with Crippen LogP contribution in [0.1, 0.15) is 79.6 Å². The van der Waals surface area contributed by atoms with Gasteiger partial charge in [-0.25, -0.2) is 0 Å². The highest BCUT2D eigenvalue weighted by atomic mass is 16.7. The van der Waals surface area contributed by atoms with Crippen LogP contribution in [0.4, 0.5) is 39.8 Å². The number of rotatable bonds is 17. The largest absolute Gasteiger partial charge is 0.454 e. The maximum absolute atomic E-state index is 13.0. The maximum atomic E-state index is 13.0. The van der Waals surface area contributed by atoms with E-state index >= 15 is 0 Å². The minimum Gasteiger partial charge on any atom is -0.454 e. The summed E-state index contributed by atoms with van der Waals surface area (Å²) in [5.41, 5.74) is 19.3. The van der Waals surface area contributed by atoms with Crippen molar-refractivity contribution in [3.63, 3.8) is 0 Å². The quantitative estimate of drug-likeness (QED) is 0.0420. The van der Waals surface area contributed by atoms with Crippen LogP contribution in [0.2, 0.25) is 0 Å². The first-order valence-corrected chi connectivity index (χ1v) is 42.3. The van der Waals surface area contributed by atoms with E-state index in [1.165, 1.54) is 32.1 Å². The van der Waals surface area contributed by atoms with E-state index < -0.39 is 0 Å². The Bertz CT molecular complexity index is 6730. The molecule has 3 fully saturated rings. The lowest BCUT2D eigenvalue weighted by Gasteiger charge is -2.28. The molecule has 648 valence electrons. The van der Waals surface area contributed by atoms with Gasteiger partial charge in [-0.15, -0.1) is 0 Å². The van der Waals surface area contributed by atoms with Crippen LogP contribution < -0.4 is 73.9 Å². The second-order valence-electron chi connectivity index (χ2n) is 31.9. The molecular formula is C96H86N20O13. The molecule has 4 amide bonds. The molecule has 0 aliphatic carbocycles. The highest BCUT2D eigenvalue weighted by Gasteiger charge is 2.27. The van der Waals surface area contributed by atoms with Gasteiger partial charge < -0.3 is 83.5 Å². The van der Waals surface area contributed by atoms with E-state index in [1.54, 1.807) is 72.8 Å². The number of aromatic nitrogens is 12. The number of amides is 4. The van der Waals surface area contributed by atoms with Gasteiger partial charge >= 0.3 is 0 Å². The predicted octanol–water partition coefficient (Wildman–Crippen LogP) is 15.9. The van der Waals surface area contributed by atoms with E-state index in [1.807, 2.05) is 136 Å². The van der Waals surface area contributed by atoms with Crippen LogP contribution in [0.25, 0.3) is 88.1 Å². The Labute approximate surface area is 737 Å². The summed E-state index contributed by atoms with van der Waals surface area (Å²) in [5.74, 6) is 3.91. The number of aromatic amines is 4. The molecule has 15 heterocycles. The van der Waals surface area contributed by atoms with Crippen LogP contribution in [-0.2, 0) is 11.3 Å². The predicted molar refractivity (Wildman–Crippen MR) is 487 cm³/mol. The van der Waals surface area contributed by atoms with E-state index in [0.717, 1.165) is 157 Å². The number of hydrogen-bond donors (Lipinski definition) is 8. The molecule has 0 saturated carbocycles. The molecule has 0 radical (unpaired) electrons. The first-order chi connectivity index (χ1) is 63.3. The fraction of sp³-hybridized carbons (Fsp3) is 0.208. The van der Waals surface area contributed by atoms with Crippen molar-refractivity contribution in [2.75, 3.05) is 130 Å². The fourth-order valence-corrected chi connectivity index (χ4v) is 16.4. The molecule has 3 saturated heterocycles. The van der Waals surface area contributed by atoms with Crippen molar-refractivity contribution < 1.29 is 61.8 Å². The van der Waals surface area contributed by atoms with Gasteiger partial charge in [0.25, 0.3) is 23.6 Å². The molecule has 0 bridgehead atoms. The summed E-state index contributed by atoms with van der Waals surface area (Å²) in [4.78, 5) is 78.8. The number of pyridine rings is 4. The van der Waals surface area contributed by atoms with Crippen molar-refractivity contribution in [3.8, 4) is 90.5 Å². The summed E-state index contributed by atoms with van der Waals surface area (Å²) in [6.07, 6.45) is 21.1. The summed E-state index contributed by atoms with van der Waals surface area (Å²) in [5, 5.41) is 43.4. The molecule has 0 unspecified atom stereocenters. The van der Waals surface area contributed by atoms with Gasteiger partial charge in [0.2, 0.25) is 27.2 Å². The third-order valence-electron chi connectivity index (χ3n) is 23.0. The van der Waals surface area contributed by atoms with Crippen molar-refractivity contribution in [1.29, 1.82) is 0 Å². The lowest BCUT2D eigenvalue weighted by Crippen LogP contribution is -2.36. The number of carbonyl (C=O) groups excluding carboxylic acids is 4. The Morgan fingerprint density at radius 1 is 0.310 bits per heavy atom. The van der Waals surface area contributed by atoms with Gasteiger partial charge in [0, 0.05) is 168 Å². The zero-order valence-corrected chi connectivity index (χ0v) is 70.2. The Balaban J connectivity index is 0.000000108. The molecule has 8 aromatic heterocycles. The minimum atomic E-state index is -0.308. The molecule has 0 atom stereocenters. The monoisotopic (exact) mass is 1730 g/mol. The average Bonchev–Trinajstić information content (AvgIpc) is 1.71. The molecular weight excluding hydrogens is 1640 g/mol. The van der Waals surface area contributed by atoms with Crippen molar-refractivity contribution >= 4 is 107 Å². The number of anilines is 7. The molecule has 7 aliphatic heterocycles. The summed E-state index contributed by atoms with van der Waals surface area (Å²) in [6.45, 7) is 8.93. The van der Waals surface area contributed by atoms with E-state index in [-0.39, 0.29) is 50.8 Å². The van der Waals surface area contributed by atoms with Gasteiger partial charge in [0.1, 0.15) is 0 Å². The van der Waals surface area contributed by atoms with Crippen LogP contribution in [0, 0.1) is 0 Å². The van der Waals surface area contributed by atoms with Gasteiger partial charge in [0.05, 0.1) is 70.9 Å². The number of fused-ring (bicyclic) bond motifs is 8.